The molecule has 5 unspecified atom stereocenters. The van der Waals surface area contributed by atoms with Crippen molar-refractivity contribution >= 4 is 182 Å². The van der Waals surface area contributed by atoms with E-state index in [1.165, 1.54) is 0 Å². The van der Waals surface area contributed by atoms with Crippen LogP contribution < -0.4 is 26.2 Å². The fourth-order valence-electron chi connectivity index (χ4n) is 5.28. The van der Waals surface area contributed by atoms with Gasteiger partial charge in [-0.15, -0.1) is 0 Å². The summed E-state index contributed by atoms with van der Waals surface area (Å²) in [6.45, 7) is -5.08. The summed E-state index contributed by atoms with van der Waals surface area (Å²) in [6.07, 6.45) is -7.54. The van der Waals surface area contributed by atoms with Gasteiger partial charge in [-0.2, -0.15) is 0 Å². The summed E-state index contributed by atoms with van der Waals surface area (Å²) in [6, 6.07) is 0. The van der Waals surface area contributed by atoms with Gasteiger partial charge in [0.2, 0.25) is 5.91 Å². The highest BCUT2D eigenvalue weighted by atomic mass is 127. The zero-order valence-electron chi connectivity index (χ0n) is 32.7. The molecule has 2 aromatic rings. The fraction of sp³-hybridized carbons (Fsp3) is 0.486. The molecule has 14 N–H and O–H groups in total. The number of hydrogen-bond acceptors (Lipinski definition) is 16. The third-order valence-corrected chi connectivity index (χ3v) is 14.9. The van der Waals surface area contributed by atoms with Crippen LogP contribution in [0.3, 0.4) is 0 Å². The molecule has 0 heterocycles. The van der Waals surface area contributed by atoms with E-state index in [2.05, 4.69) is 21.3 Å². The Bertz CT molecular complexity index is 1970. The van der Waals surface area contributed by atoms with Gasteiger partial charge in [0.1, 0.15) is 0 Å². The highest BCUT2D eigenvalue weighted by Gasteiger charge is 2.35. The molecule has 0 radical (unpaired) electrons. The van der Waals surface area contributed by atoms with Gasteiger partial charge >= 0.3 is 0 Å². The number of halogens is 6. The van der Waals surface area contributed by atoms with Crippen LogP contribution in [0.25, 0.3) is 0 Å². The first-order valence-corrected chi connectivity index (χ1v) is 24.6. The third-order valence-electron chi connectivity index (χ3n) is 8.49. The van der Waals surface area contributed by atoms with Crippen molar-refractivity contribution in [1.82, 2.24) is 20.9 Å². The largest absolute Gasteiger partial charge is 0.395 e. The number of carbonyl (C=O) groups excluding carboxylic acids is 6. The van der Waals surface area contributed by atoms with E-state index in [-0.39, 0.29) is 74.7 Å². The van der Waals surface area contributed by atoms with E-state index < -0.39 is 119 Å². The number of aliphatic hydroxyl groups is 10. The number of aliphatic hydroxyl groups excluding tert-OH is 10. The molecule has 352 valence electrons. The molecule has 0 saturated heterocycles. The summed E-state index contributed by atoms with van der Waals surface area (Å²) < 4.78 is 0.478. The quantitative estimate of drug-likeness (QED) is 0.0521. The lowest BCUT2D eigenvalue weighted by Gasteiger charge is -2.29. The lowest BCUT2D eigenvalue weighted by molar-refractivity contribution is -0.125. The molecular formula is C35H44I6N6O16. The lowest BCUT2D eigenvalue weighted by Crippen LogP contribution is -2.44. The van der Waals surface area contributed by atoms with Crippen molar-refractivity contribution in [3.8, 4) is 0 Å². The van der Waals surface area contributed by atoms with Gasteiger partial charge < -0.3 is 82.1 Å². The molecule has 5 atom stereocenters. The Morgan fingerprint density at radius 2 is 0.952 bits per heavy atom. The van der Waals surface area contributed by atoms with Gasteiger partial charge in [0.05, 0.1) is 112 Å². The van der Waals surface area contributed by atoms with Crippen LogP contribution in [0.1, 0.15) is 48.4 Å². The second-order valence-electron chi connectivity index (χ2n) is 13.2. The normalized spacial score (nSPS) is 13.6. The number of nitrogens with zero attached hydrogens (tertiary/aromatic N) is 2. The molecular weight excluding hydrogens is 1520 g/mol. The molecule has 2 rings (SSSR count). The number of anilines is 2. The van der Waals surface area contributed by atoms with E-state index >= 15 is 0 Å². The van der Waals surface area contributed by atoms with Gasteiger partial charge in [-0.05, 0) is 136 Å². The maximum atomic E-state index is 14.0. The van der Waals surface area contributed by atoms with Gasteiger partial charge in [-0.1, -0.05) is 0 Å². The molecule has 0 bridgehead atoms. The van der Waals surface area contributed by atoms with Crippen LogP contribution in [0.4, 0.5) is 11.4 Å². The second kappa shape index (κ2) is 27.9. The Hall–Kier alpha value is -0.760. The van der Waals surface area contributed by atoms with Crippen LogP contribution in [0, 0.1) is 21.4 Å². The Morgan fingerprint density at radius 3 is 1.37 bits per heavy atom. The summed E-state index contributed by atoms with van der Waals surface area (Å²) in [4.78, 5) is 83.4. The average Bonchev–Trinajstić information content (AvgIpc) is 3.23. The number of nitrogens with one attached hydrogen (secondary N) is 4. The van der Waals surface area contributed by atoms with E-state index in [1.807, 2.05) is 0 Å². The molecule has 0 saturated carbocycles. The van der Waals surface area contributed by atoms with Crippen LogP contribution in [-0.2, 0) is 9.59 Å². The Kier molecular flexibility index (Phi) is 25.9. The van der Waals surface area contributed by atoms with E-state index in [1.54, 1.807) is 136 Å². The van der Waals surface area contributed by atoms with E-state index in [9.17, 15) is 79.8 Å². The molecule has 0 aliphatic heterocycles. The van der Waals surface area contributed by atoms with Gasteiger partial charge in [0.25, 0.3) is 29.5 Å². The maximum absolute atomic E-state index is 14.0. The van der Waals surface area contributed by atoms with Crippen molar-refractivity contribution < 1.29 is 79.8 Å². The van der Waals surface area contributed by atoms with Crippen LogP contribution >= 0.6 is 136 Å². The first kappa shape index (κ1) is 58.4. The standard InChI is InChI=1S/C35H44I6N6O16/c1-13(53)47(30-27(40)20(33(61)43-5-15(55)9-49)23(36)21(28(30)41)34(62)44-6-16(56)10-50)8-14(54)4-42-32(60)19-24(37)22(35(63)46(2-3-48)7-17(57)11-51)26(39)29(25(19)38)45-31(59)18(58)12-52/h14-18,48-52,54-58H,2-12H2,1H3,(H,42,60)(H,43,61)(H,44,62)(H,45,59). The minimum absolute atomic E-state index is 0.00992. The van der Waals surface area contributed by atoms with Gasteiger partial charge in [0.15, 0.2) is 6.10 Å². The van der Waals surface area contributed by atoms with Crippen LogP contribution in [0.5, 0.6) is 0 Å². The van der Waals surface area contributed by atoms with Gasteiger partial charge in [-0.3, -0.25) is 28.8 Å². The SMILES string of the molecule is CC(=O)N(CC(O)CNC(=O)c1c(I)c(NC(=O)C(O)CO)c(I)c(C(=O)N(CCO)CC(O)CO)c1I)c1c(I)c(C(=O)NCC(O)CO)c(I)c(C(=O)NCC(O)CO)c1I. The Morgan fingerprint density at radius 1 is 0.540 bits per heavy atom. The number of carbonyl (C=O) groups is 6. The zero-order valence-corrected chi connectivity index (χ0v) is 45.7. The summed E-state index contributed by atoms with van der Waals surface area (Å²) >= 11 is 10.4. The molecule has 22 nitrogen and oxygen atoms in total. The van der Waals surface area contributed by atoms with E-state index in [0.717, 1.165) is 16.7 Å². The van der Waals surface area contributed by atoms with Crippen LogP contribution in [-0.4, -0.2) is 194 Å². The number of hydrogen-bond donors (Lipinski definition) is 14. The van der Waals surface area contributed by atoms with Gasteiger partial charge in [0, 0.05) is 46.8 Å². The molecule has 6 amide bonds. The van der Waals surface area contributed by atoms with Crippen molar-refractivity contribution in [3.05, 3.63) is 43.7 Å². The second-order valence-corrected chi connectivity index (χ2v) is 19.7. The van der Waals surface area contributed by atoms with Crippen molar-refractivity contribution in [3.63, 3.8) is 0 Å². The van der Waals surface area contributed by atoms with E-state index in [4.69, 9.17) is 0 Å². The lowest BCUT2D eigenvalue weighted by atomic mass is 10.1. The molecule has 0 aromatic heterocycles. The molecule has 2 aromatic carbocycles. The minimum atomic E-state index is -1.90. The van der Waals surface area contributed by atoms with E-state index in [0.29, 0.717) is 0 Å². The summed E-state index contributed by atoms with van der Waals surface area (Å²) in [7, 11) is 0. The zero-order chi connectivity index (χ0) is 48.0. The van der Waals surface area contributed by atoms with Crippen molar-refractivity contribution in [2.75, 3.05) is 82.5 Å². The summed E-state index contributed by atoms with van der Waals surface area (Å²) in [5.41, 5.74) is -0.769. The predicted molar refractivity (Wildman–Crippen MR) is 274 cm³/mol. The first-order chi connectivity index (χ1) is 29.5. The Labute approximate surface area is 441 Å². The molecule has 0 spiro atoms. The average molecular weight is 1570 g/mol. The topological polar surface area (TPSA) is 359 Å². The fourth-order valence-corrected chi connectivity index (χ4v) is 14.4. The maximum Gasteiger partial charge on any atom is 0.256 e. The summed E-state index contributed by atoms with van der Waals surface area (Å²) in [5, 5.41) is 108. The van der Waals surface area contributed by atoms with Crippen molar-refractivity contribution in [2.45, 2.75) is 37.4 Å². The van der Waals surface area contributed by atoms with Crippen molar-refractivity contribution in [2.24, 2.45) is 0 Å². The molecule has 63 heavy (non-hydrogen) atoms. The third kappa shape index (κ3) is 15.6. The minimum Gasteiger partial charge on any atom is -0.395 e. The van der Waals surface area contributed by atoms with Crippen LogP contribution in [0.15, 0.2) is 0 Å². The van der Waals surface area contributed by atoms with Crippen molar-refractivity contribution in [1.29, 1.82) is 0 Å². The molecule has 0 aliphatic carbocycles. The summed E-state index contributed by atoms with van der Waals surface area (Å²) in [5.74, 6) is -5.12. The number of rotatable bonds is 23. The molecule has 28 heteroatoms. The number of amides is 6. The Balaban J connectivity index is 2.70. The highest BCUT2D eigenvalue weighted by Crippen LogP contribution is 2.39. The molecule has 0 fully saturated rings. The first-order valence-electron chi connectivity index (χ1n) is 18.1. The highest BCUT2D eigenvalue weighted by molar-refractivity contribution is 14.1. The predicted octanol–water partition coefficient (Wildman–Crippen LogP) is -2.30. The number of benzene rings is 2. The van der Waals surface area contributed by atoms with Gasteiger partial charge in [-0.25, -0.2) is 0 Å². The smallest absolute Gasteiger partial charge is 0.256 e. The monoisotopic (exact) mass is 1570 g/mol. The van der Waals surface area contributed by atoms with Crippen LogP contribution in [0.2, 0.25) is 0 Å². The molecule has 0 aliphatic rings.